The third-order valence-corrected chi connectivity index (χ3v) is 5.39. The molecule has 0 aliphatic carbocycles. The van der Waals surface area contributed by atoms with Gasteiger partial charge in [-0.25, -0.2) is 12.8 Å². The second-order valence-electron chi connectivity index (χ2n) is 4.38. The van der Waals surface area contributed by atoms with E-state index in [0.717, 1.165) is 9.87 Å². The van der Waals surface area contributed by atoms with Crippen molar-refractivity contribution in [2.24, 2.45) is 0 Å². The van der Waals surface area contributed by atoms with Crippen LogP contribution in [0.15, 0.2) is 47.4 Å². The smallest absolute Gasteiger partial charge is 0.264 e. The Morgan fingerprint density at radius 3 is 2.25 bits per heavy atom. The van der Waals surface area contributed by atoms with E-state index in [2.05, 4.69) is 0 Å². The number of hydrogen-bond donors (Lipinski definition) is 0. The van der Waals surface area contributed by atoms with Crippen LogP contribution in [-0.4, -0.2) is 15.5 Å². The highest BCUT2D eigenvalue weighted by Crippen LogP contribution is 2.26. The third kappa shape index (κ3) is 2.95. The van der Waals surface area contributed by atoms with E-state index < -0.39 is 15.8 Å². The van der Waals surface area contributed by atoms with Gasteiger partial charge in [-0.15, -0.1) is 0 Å². The largest absolute Gasteiger partial charge is 0.266 e. The van der Waals surface area contributed by atoms with Gasteiger partial charge in [-0.05, 0) is 59.8 Å². The second-order valence-corrected chi connectivity index (χ2v) is 7.60. The number of rotatable bonds is 3. The monoisotopic (exact) mass is 405 g/mol. The summed E-state index contributed by atoms with van der Waals surface area (Å²) in [7, 11) is -2.41. The molecule has 0 aliphatic rings. The zero-order chi connectivity index (χ0) is 14.9. The Morgan fingerprint density at radius 1 is 1.10 bits per heavy atom. The van der Waals surface area contributed by atoms with Gasteiger partial charge in [0, 0.05) is 10.6 Å². The number of sulfonamides is 1. The lowest BCUT2D eigenvalue weighted by Gasteiger charge is -2.20. The van der Waals surface area contributed by atoms with Gasteiger partial charge in [0.1, 0.15) is 5.82 Å². The van der Waals surface area contributed by atoms with Crippen molar-refractivity contribution >= 4 is 38.3 Å². The van der Waals surface area contributed by atoms with Crippen molar-refractivity contribution in [3.05, 3.63) is 57.4 Å². The van der Waals surface area contributed by atoms with Crippen molar-refractivity contribution in [1.82, 2.24) is 0 Å². The number of halogens is 2. The maximum atomic E-state index is 13.9. The topological polar surface area (TPSA) is 37.4 Å². The van der Waals surface area contributed by atoms with Gasteiger partial charge in [0.05, 0.1) is 10.6 Å². The molecule has 2 aromatic carbocycles. The van der Waals surface area contributed by atoms with Gasteiger partial charge in [0.25, 0.3) is 10.0 Å². The van der Waals surface area contributed by atoms with Crippen molar-refractivity contribution in [2.45, 2.75) is 11.8 Å². The fraction of sp³-hybridized carbons (Fsp3) is 0.143. The SMILES string of the molecule is Cc1ccc(S(=O)(=O)N(C)c2ccc(I)cc2F)cc1. The van der Waals surface area contributed by atoms with Crippen LogP contribution in [0, 0.1) is 16.3 Å². The van der Waals surface area contributed by atoms with Crippen LogP contribution < -0.4 is 4.31 Å². The van der Waals surface area contributed by atoms with Gasteiger partial charge in [-0.3, -0.25) is 4.31 Å². The first-order chi connectivity index (χ1) is 9.32. The number of aryl methyl sites for hydroxylation is 1. The summed E-state index contributed by atoms with van der Waals surface area (Å²) in [6.45, 7) is 1.87. The summed E-state index contributed by atoms with van der Waals surface area (Å²) >= 11 is 1.97. The maximum Gasteiger partial charge on any atom is 0.264 e. The van der Waals surface area contributed by atoms with Crippen LogP contribution in [0.25, 0.3) is 0 Å². The molecular formula is C14H13FINO2S. The normalized spacial score (nSPS) is 11.4. The lowest BCUT2D eigenvalue weighted by atomic mass is 10.2. The van der Waals surface area contributed by atoms with Crippen LogP contribution in [0.5, 0.6) is 0 Å². The van der Waals surface area contributed by atoms with E-state index in [1.54, 1.807) is 18.2 Å². The fourth-order valence-corrected chi connectivity index (χ4v) is 3.39. The Balaban J connectivity index is 2.45. The zero-order valence-corrected chi connectivity index (χ0v) is 13.9. The summed E-state index contributed by atoms with van der Waals surface area (Å²) < 4.78 is 40.5. The van der Waals surface area contributed by atoms with Crippen LogP contribution in [0.2, 0.25) is 0 Å². The van der Waals surface area contributed by atoms with Gasteiger partial charge in [-0.1, -0.05) is 17.7 Å². The lowest BCUT2D eigenvalue weighted by molar-refractivity contribution is 0.589. The first-order valence-electron chi connectivity index (χ1n) is 5.83. The Bertz CT molecular complexity index is 729. The molecule has 0 bridgehead atoms. The highest BCUT2D eigenvalue weighted by molar-refractivity contribution is 14.1. The van der Waals surface area contributed by atoms with Gasteiger partial charge in [-0.2, -0.15) is 0 Å². The van der Waals surface area contributed by atoms with Crippen LogP contribution >= 0.6 is 22.6 Å². The summed E-state index contributed by atoms with van der Waals surface area (Å²) in [5, 5.41) is 0. The molecule has 0 aliphatic heterocycles. The zero-order valence-electron chi connectivity index (χ0n) is 11.0. The predicted octanol–water partition coefficient (Wildman–Crippen LogP) is 3.56. The average molecular weight is 405 g/mol. The van der Waals surface area contributed by atoms with Gasteiger partial charge in [0.15, 0.2) is 0 Å². The molecule has 6 heteroatoms. The first-order valence-corrected chi connectivity index (χ1v) is 8.35. The average Bonchev–Trinajstić information content (AvgIpc) is 2.38. The molecule has 0 atom stereocenters. The summed E-state index contributed by atoms with van der Waals surface area (Å²) in [6.07, 6.45) is 0. The Hall–Kier alpha value is -1.15. The molecule has 0 heterocycles. The molecule has 0 aromatic heterocycles. The van der Waals surface area contributed by atoms with Crippen LogP contribution in [0.1, 0.15) is 5.56 Å². The molecule has 2 aromatic rings. The van der Waals surface area contributed by atoms with Gasteiger partial charge in [0.2, 0.25) is 0 Å². The van der Waals surface area contributed by atoms with Crippen molar-refractivity contribution in [1.29, 1.82) is 0 Å². The summed E-state index contributed by atoms with van der Waals surface area (Å²) in [5.74, 6) is -0.560. The van der Waals surface area contributed by atoms with Crippen molar-refractivity contribution in [3.63, 3.8) is 0 Å². The minimum atomic E-state index is -3.75. The molecule has 20 heavy (non-hydrogen) atoms. The maximum absolute atomic E-state index is 13.9. The Kier molecular flexibility index (Phi) is 4.33. The molecule has 0 saturated carbocycles. The van der Waals surface area contributed by atoms with Crippen molar-refractivity contribution in [2.75, 3.05) is 11.4 Å². The summed E-state index contributed by atoms with van der Waals surface area (Å²) in [6, 6.07) is 10.9. The molecule has 0 saturated heterocycles. The molecule has 3 nitrogen and oxygen atoms in total. The minimum absolute atomic E-state index is 0.0333. The van der Waals surface area contributed by atoms with E-state index >= 15 is 0 Å². The molecule has 0 radical (unpaired) electrons. The third-order valence-electron chi connectivity index (χ3n) is 2.93. The van der Waals surface area contributed by atoms with E-state index in [9.17, 15) is 12.8 Å². The highest BCUT2D eigenvalue weighted by atomic mass is 127. The summed E-state index contributed by atoms with van der Waals surface area (Å²) in [4.78, 5) is 0.142. The first kappa shape index (κ1) is 15.2. The Morgan fingerprint density at radius 2 is 1.70 bits per heavy atom. The van der Waals surface area contributed by atoms with Crippen molar-refractivity contribution in [3.8, 4) is 0 Å². The standard InChI is InChI=1S/C14H13FINO2S/c1-10-3-6-12(7-4-10)20(18,19)17(2)14-8-5-11(16)9-13(14)15/h3-9H,1-2H3. The number of nitrogens with zero attached hydrogens (tertiary/aromatic N) is 1. The molecule has 0 N–H and O–H groups in total. The molecular weight excluding hydrogens is 392 g/mol. The van der Waals surface area contributed by atoms with Crippen LogP contribution in [0.4, 0.5) is 10.1 Å². The second kappa shape index (κ2) is 5.69. The molecule has 0 spiro atoms. The summed E-state index contributed by atoms with van der Waals surface area (Å²) in [5.41, 5.74) is 0.998. The van der Waals surface area contributed by atoms with Gasteiger partial charge >= 0.3 is 0 Å². The van der Waals surface area contributed by atoms with E-state index in [-0.39, 0.29) is 10.6 Å². The predicted molar refractivity (Wildman–Crippen MR) is 85.9 cm³/mol. The lowest BCUT2D eigenvalue weighted by Crippen LogP contribution is -2.27. The number of hydrogen-bond acceptors (Lipinski definition) is 2. The number of anilines is 1. The minimum Gasteiger partial charge on any atom is -0.266 e. The van der Waals surface area contributed by atoms with E-state index in [4.69, 9.17) is 0 Å². The van der Waals surface area contributed by atoms with E-state index in [0.29, 0.717) is 3.57 Å². The quantitative estimate of drug-likeness (QED) is 0.733. The van der Waals surface area contributed by atoms with Crippen LogP contribution in [-0.2, 0) is 10.0 Å². The molecule has 2 rings (SSSR count). The van der Waals surface area contributed by atoms with E-state index in [1.807, 2.05) is 29.5 Å². The Labute approximate surface area is 131 Å². The fourth-order valence-electron chi connectivity index (χ4n) is 1.73. The van der Waals surface area contributed by atoms with Gasteiger partial charge < -0.3 is 0 Å². The molecule has 0 fully saturated rings. The highest BCUT2D eigenvalue weighted by Gasteiger charge is 2.23. The van der Waals surface area contributed by atoms with E-state index in [1.165, 1.54) is 31.3 Å². The number of benzene rings is 2. The van der Waals surface area contributed by atoms with Crippen molar-refractivity contribution < 1.29 is 12.8 Å². The molecule has 106 valence electrons. The molecule has 0 amide bonds. The van der Waals surface area contributed by atoms with Crippen LogP contribution in [0.3, 0.4) is 0 Å². The molecule has 0 unspecified atom stereocenters.